The maximum absolute atomic E-state index is 6.17. The summed E-state index contributed by atoms with van der Waals surface area (Å²) < 4.78 is 2.00. The van der Waals surface area contributed by atoms with Gasteiger partial charge in [0.05, 0.1) is 10.7 Å². The monoisotopic (exact) mass is 318 g/mol. The molecule has 0 saturated heterocycles. The van der Waals surface area contributed by atoms with Crippen molar-refractivity contribution in [3.8, 4) is 0 Å². The Bertz CT molecular complexity index is 813. The SMILES string of the molecule is Cc1cc(C)n2cc(CSc3cc(N)ccc3Cl)nc2n1. The molecule has 0 aliphatic carbocycles. The molecule has 0 spiro atoms. The fraction of sp³-hybridized carbons (Fsp3) is 0.200. The first-order valence-electron chi connectivity index (χ1n) is 6.53. The molecule has 0 amide bonds. The maximum Gasteiger partial charge on any atom is 0.234 e. The molecule has 2 aromatic heterocycles. The molecule has 0 atom stereocenters. The van der Waals surface area contributed by atoms with E-state index in [4.69, 9.17) is 17.3 Å². The summed E-state index contributed by atoms with van der Waals surface area (Å²) in [5, 5.41) is 0.711. The van der Waals surface area contributed by atoms with Crippen LogP contribution in [0.3, 0.4) is 0 Å². The van der Waals surface area contributed by atoms with Crippen molar-refractivity contribution in [3.63, 3.8) is 0 Å². The Morgan fingerprint density at radius 1 is 1.24 bits per heavy atom. The number of rotatable bonds is 3. The highest BCUT2D eigenvalue weighted by atomic mass is 35.5. The molecular formula is C15H15ClN4S. The van der Waals surface area contributed by atoms with Crippen LogP contribution in [0.5, 0.6) is 0 Å². The maximum atomic E-state index is 6.17. The third-order valence-electron chi connectivity index (χ3n) is 3.14. The summed E-state index contributed by atoms with van der Waals surface area (Å²) in [6.45, 7) is 4.03. The highest BCUT2D eigenvalue weighted by molar-refractivity contribution is 7.98. The Labute approximate surface area is 132 Å². The number of hydrogen-bond donors (Lipinski definition) is 1. The lowest BCUT2D eigenvalue weighted by molar-refractivity contribution is 1.01. The number of nitrogens with zero attached hydrogens (tertiary/aromatic N) is 3. The lowest BCUT2D eigenvalue weighted by Crippen LogP contribution is -1.94. The Balaban J connectivity index is 1.85. The summed E-state index contributed by atoms with van der Waals surface area (Å²) >= 11 is 7.80. The molecule has 0 fully saturated rings. The van der Waals surface area contributed by atoms with Gasteiger partial charge in [0, 0.05) is 33.9 Å². The molecule has 3 rings (SSSR count). The zero-order chi connectivity index (χ0) is 15.0. The number of halogens is 1. The Kier molecular flexibility index (Phi) is 3.78. The van der Waals surface area contributed by atoms with E-state index in [1.807, 2.05) is 35.7 Å². The first-order valence-corrected chi connectivity index (χ1v) is 7.89. The van der Waals surface area contributed by atoms with Gasteiger partial charge in [-0.25, -0.2) is 9.97 Å². The number of imidazole rings is 1. The van der Waals surface area contributed by atoms with Gasteiger partial charge in [0.2, 0.25) is 5.78 Å². The van der Waals surface area contributed by atoms with Gasteiger partial charge in [-0.1, -0.05) is 11.6 Å². The first kappa shape index (κ1) is 14.2. The van der Waals surface area contributed by atoms with Gasteiger partial charge in [-0.2, -0.15) is 0 Å². The van der Waals surface area contributed by atoms with Gasteiger partial charge >= 0.3 is 0 Å². The Hall–Kier alpha value is -1.72. The van der Waals surface area contributed by atoms with Crippen molar-refractivity contribution < 1.29 is 0 Å². The van der Waals surface area contributed by atoms with Crippen LogP contribution in [0, 0.1) is 13.8 Å². The summed E-state index contributed by atoms with van der Waals surface area (Å²) in [7, 11) is 0. The van der Waals surface area contributed by atoms with Gasteiger partial charge in [0.1, 0.15) is 0 Å². The number of thioether (sulfide) groups is 1. The quantitative estimate of drug-likeness (QED) is 0.588. The molecule has 1 aromatic carbocycles. The first-order chi connectivity index (χ1) is 10.0. The molecule has 0 saturated carbocycles. The van der Waals surface area contributed by atoms with Crippen LogP contribution in [0.2, 0.25) is 5.02 Å². The van der Waals surface area contributed by atoms with E-state index in [1.165, 1.54) is 0 Å². The van der Waals surface area contributed by atoms with E-state index < -0.39 is 0 Å². The molecular weight excluding hydrogens is 304 g/mol. The number of nitrogens with two attached hydrogens (primary N) is 1. The molecule has 0 radical (unpaired) electrons. The van der Waals surface area contributed by atoms with Crippen molar-refractivity contribution in [3.05, 3.63) is 52.6 Å². The second-order valence-electron chi connectivity index (χ2n) is 4.92. The Morgan fingerprint density at radius 3 is 2.86 bits per heavy atom. The van der Waals surface area contributed by atoms with Crippen LogP contribution in [-0.2, 0) is 5.75 Å². The van der Waals surface area contributed by atoms with Crippen LogP contribution in [0.4, 0.5) is 5.69 Å². The average Bonchev–Trinajstić information content (AvgIpc) is 2.83. The van der Waals surface area contributed by atoms with E-state index >= 15 is 0 Å². The zero-order valence-corrected chi connectivity index (χ0v) is 13.4. The van der Waals surface area contributed by atoms with Gasteiger partial charge in [0.15, 0.2) is 0 Å². The number of aryl methyl sites for hydroxylation is 2. The lowest BCUT2D eigenvalue weighted by Gasteiger charge is -2.03. The molecule has 108 valence electrons. The standard InChI is InChI=1S/C15H15ClN4S/c1-9-5-10(2)20-7-12(19-15(20)18-9)8-21-14-6-11(17)3-4-13(14)16/h3-7H,8,17H2,1-2H3. The van der Waals surface area contributed by atoms with Crippen LogP contribution >= 0.6 is 23.4 Å². The summed E-state index contributed by atoms with van der Waals surface area (Å²) in [4.78, 5) is 9.97. The highest BCUT2D eigenvalue weighted by Gasteiger charge is 2.08. The van der Waals surface area contributed by atoms with E-state index in [1.54, 1.807) is 17.8 Å². The minimum absolute atomic E-state index is 0.711. The van der Waals surface area contributed by atoms with Crippen molar-refractivity contribution >= 4 is 34.8 Å². The zero-order valence-electron chi connectivity index (χ0n) is 11.8. The number of aromatic nitrogens is 3. The summed E-state index contributed by atoms with van der Waals surface area (Å²) in [6, 6.07) is 7.54. The van der Waals surface area contributed by atoms with Gasteiger partial charge in [-0.05, 0) is 38.1 Å². The second kappa shape index (κ2) is 5.58. The fourth-order valence-electron chi connectivity index (χ4n) is 2.17. The minimum atomic E-state index is 0.711. The van der Waals surface area contributed by atoms with Gasteiger partial charge in [-0.3, -0.25) is 4.40 Å². The van der Waals surface area contributed by atoms with Crippen molar-refractivity contribution in [1.82, 2.24) is 14.4 Å². The van der Waals surface area contributed by atoms with Crippen LogP contribution in [-0.4, -0.2) is 14.4 Å². The normalized spacial score (nSPS) is 11.2. The predicted molar refractivity (Wildman–Crippen MR) is 87.9 cm³/mol. The van der Waals surface area contributed by atoms with E-state index in [0.29, 0.717) is 10.7 Å². The topological polar surface area (TPSA) is 56.2 Å². The summed E-state index contributed by atoms with van der Waals surface area (Å²) in [5.41, 5.74) is 9.58. The van der Waals surface area contributed by atoms with Gasteiger partial charge in [0.25, 0.3) is 0 Å². The van der Waals surface area contributed by atoms with Crippen molar-refractivity contribution in [2.45, 2.75) is 24.5 Å². The number of nitrogen functional groups attached to an aromatic ring is 1. The van der Waals surface area contributed by atoms with Crippen LogP contribution in [0.1, 0.15) is 17.1 Å². The molecule has 0 aliphatic heterocycles. The molecule has 2 N–H and O–H groups in total. The Morgan fingerprint density at radius 2 is 2.05 bits per heavy atom. The minimum Gasteiger partial charge on any atom is -0.399 e. The van der Waals surface area contributed by atoms with E-state index in [9.17, 15) is 0 Å². The predicted octanol–water partition coefficient (Wildman–Crippen LogP) is 3.87. The second-order valence-corrected chi connectivity index (χ2v) is 6.34. The number of benzene rings is 1. The largest absolute Gasteiger partial charge is 0.399 e. The molecule has 21 heavy (non-hydrogen) atoms. The summed E-state index contributed by atoms with van der Waals surface area (Å²) in [5.74, 6) is 1.46. The fourth-order valence-corrected chi connectivity index (χ4v) is 3.32. The van der Waals surface area contributed by atoms with E-state index in [-0.39, 0.29) is 0 Å². The molecule has 2 heterocycles. The smallest absolute Gasteiger partial charge is 0.234 e. The van der Waals surface area contributed by atoms with Crippen molar-refractivity contribution in [1.29, 1.82) is 0 Å². The molecule has 4 nitrogen and oxygen atoms in total. The molecule has 0 unspecified atom stereocenters. The van der Waals surface area contributed by atoms with Crippen LogP contribution in [0.25, 0.3) is 5.78 Å². The third-order valence-corrected chi connectivity index (χ3v) is 4.67. The van der Waals surface area contributed by atoms with Crippen molar-refractivity contribution in [2.75, 3.05) is 5.73 Å². The molecule has 3 aromatic rings. The van der Waals surface area contributed by atoms with E-state index in [2.05, 4.69) is 16.9 Å². The van der Waals surface area contributed by atoms with E-state index in [0.717, 1.165) is 33.5 Å². The number of anilines is 1. The summed E-state index contributed by atoms with van der Waals surface area (Å²) in [6.07, 6.45) is 2.02. The lowest BCUT2D eigenvalue weighted by atomic mass is 10.3. The molecule has 0 bridgehead atoms. The molecule has 0 aliphatic rings. The van der Waals surface area contributed by atoms with Gasteiger partial charge in [-0.15, -0.1) is 11.8 Å². The molecule has 6 heteroatoms. The number of hydrogen-bond acceptors (Lipinski definition) is 4. The van der Waals surface area contributed by atoms with Crippen LogP contribution in [0.15, 0.2) is 35.4 Å². The highest BCUT2D eigenvalue weighted by Crippen LogP contribution is 2.31. The van der Waals surface area contributed by atoms with Crippen molar-refractivity contribution in [2.24, 2.45) is 0 Å². The third kappa shape index (κ3) is 2.99. The van der Waals surface area contributed by atoms with Gasteiger partial charge < -0.3 is 5.73 Å². The van der Waals surface area contributed by atoms with Crippen LogP contribution < -0.4 is 5.73 Å². The average molecular weight is 319 g/mol. The number of fused-ring (bicyclic) bond motifs is 1.